The SMILES string of the molecule is CCN(CCCN(C)C)CCNC1CCOCC1. The predicted molar refractivity (Wildman–Crippen MR) is 77.1 cm³/mol. The molecule has 0 aromatic rings. The molecule has 1 rings (SSSR count). The zero-order chi connectivity index (χ0) is 13.2. The minimum Gasteiger partial charge on any atom is -0.381 e. The van der Waals surface area contributed by atoms with Crippen LogP contribution in [-0.4, -0.2) is 75.9 Å². The van der Waals surface area contributed by atoms with Gasteiger partial charge in [-0.3, -0.25) is 0 Å². The molecular weight excluding hydrogens is 226 g/mol. The maximum absolute atomic E-state index is 5.37. The lowest BCUT2D eigenvalue weighted by Gasteiger charge is -2.26. The topological polar surface area (TPSA) is 27.7 Å². The summed E-state index contributed by atoms with van der Waals surface area (Å²) in [4.78, 5) is 4.80. The lowest BCUT2D eigenvalue weighted by atomic mass is 10.1. The summed E-state index contributed by atoms with van der Waals surface area (Å²) in [6.07, 6.45) is 3.61. The van der Waals surface area contributed by atoms with E-state index >= 15 is 0 Å². The van der Waals surface area contributed by atoms with Crippen LogP contribution in [0, 0.1) is 0 Å². The van der Waals surface area contributed by atoms with E-state index in [1.807, 2.05) is 0 Å². The molecule has 1 heterocycles. The summed E-state index contributed by atoms with van der Waals surface area (Å²) in [6.45, 7) is 9.94. The molecule has 0 bridgehead atoms. The highest BCUT2D eigenvalue weighted by molar-refractivity contribution is 4.71. The summed E-state index contributed by atoms with van der Waals surface area (Å²) in [6, 6.07) is 0.680. The first-order chi connectivity index (χ1) is 8.72. The zero-order valence-electron chi connectivity index (χ0n) is 12.5. The molecule has 4 heteroatoms. The highest BCUT2D eigenvalue weighted by Gasteiger charge is 2.12. The molecule has 0 aliphatic carbocycles. The van der Waals surface area contributed by atoms with Crippen molar-refractivity contribution in [2.24, 2.45) is 0 Å². The fourth-order valence-corrected chi connectivity index (χ4v) is 2.37. The molecule has 1 fully saturated rings. The zero-order valence-corrected chi connectivity index (χ0v) is 12.5. The maximum atomic E-state index is 5.37. The van der Waals surface area contributed by atoms with Crippen molar-refractivity contribution in [2.45, 2.75) is 32.2 Å². The second-order valence-corrected chi connectivity index (χ2v) is 5.43. The molecule has 0 spiro atoms. The Labute approximate surface area is 113 Å². The van der Waals surface area contributed by atoms with Crippen LogP contribution < -0.4 is 5.32 Å². The maximum Gasteiger partial charge on any atom is 0.0480 e. The van der Waals surface area contributed by atoms with Crippen LogP contribution in [0.5, 0.6) is 0 Å². The van der Waals surface area contributed by atoms with Crippen molar-refractivity contribution in [3.8, 4) is 0 Å². The largest absolute Gasteiger partial charge is 0.381 e. The molecular formula is C14H31N3O. The van der Waals surface area contributed by atoms with E-state index in [-0.39, 0.29) is 0 Å². The molecule has 0 unspecified atom stereocenters. The third-order valence-electron chi connectivity index (χ3n) is 3.61. The number of hydrogen-bond donors (Lipinski definition) is 1. The van der Waals surface area contributed by atoms with Crippen molar-refractivity contribution >= 4 is 0 Å². The van der Waals surface area contributed by atoms with Crippen LogP contribution >= 0.6 is 0 Å². The van der Waals surface area contributed by atoms with Crippen molar-refractivity contribution < 1.29 is 4.74 Å². The van der Waals surface area contributed by atoms with Gasteiger partial charge in [0.05, 0.1) is 0 Å². The van der Waals surface area contributed by atoms with Crippen molar-refractivity contribution in [1.82, 2.24) is 15.1 Å². The van der Waals surface area contributed by atoms with E-state index in [0.717, 1.165) is 26.3 Å². The van der Waals surface area contributed by atoms with E-state index in [4.69, 9.17) is 4.74 Å². The van der Waals surface area contributed by atoms with E-state index < -0.39 is 0 Å². The summed E-state index contributed by atoms with van der Waals surface area (Å²) < 4.78 is 5.37. The average Bonchev–Trinajstić information content (AvgIpc) is 2.38. The van der Waals surface area contributed by atoms with Gasteiger partial charge in [-0.05, 0) is 53.0 Å². The Bertz CT molecular complexity index is 193. The third kappa shape index (κ3) is 7.31. The van der Waals surface area contributed by atoms with Gasteiger partial charge in [-0.2, -0.15) is 0 Å². The van der Waals surface area contributed by atoms with Crippen LogP contribution in [0.15, 0.2) is 0 Å². The van der Waals surface area contributed by atoms with E-state index in [2.05, 4.69) is 36.1 Å². The normalized spacial score (nSPS) is 17.8. The molecule has 1 N–H and O–H groups in total. The Kier molecular flexibility index (Phi) is 8.59. The average molecular weight is 257 g/mol. The van der Waals surface area contributed by atoms with Crippen molar-refractivity contribution in [2.75, 3.05) is 60.0 Å². The molecule has 108 valence electrons. The van der Waals surface area contributed by atoms with Gasteiger partial charge in [-0.1, -0.05) is 6.92 Å². The van der Waals surface area contributed by atoms with Crippen molar-refractivity contribution in [3.63, 3.8) is 0 Å². The highest BCUT2D eigenvalue weighted by Crippen LogP contribution is 2.05. The lowest BCUT2D eigenvalue weighted by molar-refractivity contribution is 0.0772. The summed E-state index contributed by atoms with van der Waals surface area (Å²) in [5, 5.41) is 3.65. The molecule has 1 saturated heterocycles. The minimum absolute atomic E-state index is 0.680. The van der Waals surface area contributed by atoms with Gasteiger partial charge < -0.3 is 19.9 Å². The van der Waals surface area contributed by atoms with Gasteiger partial charge in [0.25, 0.3) is 0 Å². The van der Waals surface area contributed by atoms with Gasteiger partial charge in [0.15, 0.2) is 0 Å². The minimum atomic E-state index is 0.680. The number of nitrogens with zero attached hydrogens (tertiary/aromatic N) is 2. The molecule has 0 amide bonds. The van der Waals surface area contributed by atoms with E-state index in [1.165, 1.54) is 38.9 Å². The van der Waals surface area contributed by atoms with Crippen molar-refractivity contribution in [1.29, 1.82) is 0 Å². The van der Waals surface area contributed by atoms with Gasteiger partial charge in [0.1, 0.15) is 0 Å². The number of rotatable bonds is 9. The smallest absolute Gasteiger partial charge is 0.0480 e. The van der Waals surface area contributed by atoms with Gasteiger partial charge in [0, 0.05) is 32.3 Å². The fraction of sp³-hybridized carbons (Fsp3) is 1.00. The quantitative estimate of drug-likeness (QED) is 0.668. The Morgan fingerprint density at radius 1 is 1.11 bits per heavy atom. The molecule has 18 heavy (non-hydrogen) atoms. The Morgan fingerprint density at radius 3 is 2.44 bits per heavy atom. The second kappa shape index (κ2) is 9.73. The highest BCUT2D eigenvalue weighted by atomic mass is 16.5. The summed E-state index contributed by atoms with van der Waals surface area (Å²) in [5.41, 5.74) is 0. The standard InChI is InChI=1S/C14H31N3O/c1-4-17(10-5-9-16(2)3)11-8-15-14-6-12-18-13-7-14/h14-15H,4-13H2,1-3H3. The van der Waals surface area contributed by atoms with Crippen LogP contribution in [0.3, 0.4) is 0 Å². The van der Waals surface area contributed by atoms with E-state index in [1.54, 1.807) is 0 Å². The third-order valence-corrected chi connectivity index (χ3v) is 3.61. The molecule has 4 nitrogen and oxygen atoms in total. The summed E-state index contributed by atoms with van der Waals surface area (Å²) >= 11 is 0. The van der Waals surface area contributed by atoms with Crippen LogP contribution in [0.4, 0.5) is 0 Å². The van der Waals surface area contributed by atoms with Crippen LogP contribution in [0.2, 0.25) is 0 Å². The van der Waals surface area contributed by atoms with E-state index in [0.29, 0.717) is 6.04 Å². The second-order valence-electron chi connectivity index (χ2n) is 5.43. The fourth-order valence-electron chi connectivity index (χ4n) is 2.37. The van der Waals surface area contributed by atoms with Gasteiger partial charge in [0.2, 0.25) is 0 Å². The van der Waals surface area contributed by atoms with Crippen LogP contribution in [0.25, 0.3) is 0 Å². The van der Waals surface area contributed by atoms with Crippen LogP contribution in [-0.2, 0) is 4.74 Å². The number of hydrogen-bond acceptors (Lipinski definition) is 4. The van der Waals surface area contributed by atoms with Crippen LogP contribution in [0.1, 0.15) is 26.2 Å². The van der Waals surface area contributed by atoms with Gasteiger partial charge >= 0.3 is 0 Å². The number of nitrogens with one attached hydrogen (secondary N) is 1. The van der Waals surface area contributed by atoms with Gasteiger partial charge in [-0.15, -0.1) is 0 Å². The Balaban J connectivity index is 2.03. The number of likely N-dealkylation sites (N-methyl/N-ethyl adjacent to an activating group) is 1. The van der Waals surface area contributed by atoms with Crippen molar-refractivity contribution in [3.05, 3.63) is 0 Å². The molecule has 1 aliphatic heterocycles. The molecule has 1 aliphatic rings. The number of ether oxygens (including phenoxy) is 1. The molecule has 0 saturated carbocycles. The molecule has 0 aromatic heterocycles. The lowest BCUT2D eigenvalue weighted by Crippen LogP contribution is -2.40. The molecule has 0 radical (unpaired) electrons. The predicted octanol–water partition coefficient (Wildman–Crippen LogP) is 1.03. The first-order valence-electron chi connectivity index (χ1n) is 7.40. The molecule has 0 atom stereocenters. The Hall–Kier alpha value is -0.160. The monoisotopic (exact) mass is 257 g/mol. The van der Waals surface area contributed by atoms with E-state index in [9.17, 15) is 0 Å². The Morgan fingerprint density at radius 2 is 1.83 bits per heavy atom. The first kappa shape index (κ1) is 15.9. The first-order valence-corrected chi connectivity index (χ1v) is 7.40. The molecule has 0 aromatic carbocycles. The summed E-state index contributed by atoms with van der Waals surface area (Å²) in [7, 11) is 4.28. The van der Waals surface area contributed by atoms with Gasteiger partial charge in [-0.25, -0.2) is 0 Å². The summed E-state index contributed by atoms with van der Waals surface area (Å²) in [5.74, 6) is 0.